The average Bonchev–Trinajstić information content (AvgIpc) is 2.75. The average molecular weight is 430 g/mol. The molecule has 0 atom stereocenters. The number of hydrogen-bond donors (Lipinski definition) is 3. The molecule has 1 aliphatic carbocycles. The van der Waals surface area contributed by atoms with E-state index in [0.717, 1.165) is 42.3 Å². The minimum absolute atomic E-state index is 0.0542. The number of aromatic hydroxyl groups is 2. The molecule has 1 fully saturated rings. The summed E-state index contributed by atoms with van der Waals surface area (Å²) in [4.78, 5) is 12.3. The van der Waals surface area contributed by atoms with Gasteiger partial charge in [0.2, 0.25) is 5.91 Å². The molecule has 0 aliphatic heterocycles. The molecule has 2 aromatic carbocycles. The highest BCUT2D eigenvalue weighted by Crippen LogP contribution is 2.26. The molecule has 30 heavy (non-hydrogen) atoms. The first-order chi connectivity index (χ1) is 14.3. The Morgan fingerprint density at radius 1 is 1.00 bits per heavy atom. The van der Waals surface area contributed by atoms with E-state index in [9.17, 15) is 23.4 Å². The zero-order chi connectivity index (χ0) is 21.6. The number of benzene rings is 2. The summed E-state index contributed by atoms with van der Waals surface area (Å²) >= 11 is 0. The lowest BCUT2D eigenvalue weighted by molar-refractivity contribution is -0.120. The molecule has 1 saturated carbocycles. The van der Waals surface area contributed by atoms with Gasteiger partial charge in [-0.15, -0.1) is 0 Å². The molecule has 0 saturated heterocycles. The van der Waals surface area contributed by atoms with Gasteiger partial charge in [-0.25, -0.2) is 8.42 Å². The summed E-state index contributed by atoms with van der Waals surface area (Å²) < 4.78 is 24.5. The van der Waals surface area contributed by atoms with Crippen molar-refractivity contribution in [2.24, 2.45) is 5.92 Å². The minimum atomic E-state index is -3.44. The molecule has 160 valence electrons. The van der Waals surface area contributed by atoms with Crippen LogP contribution in [0.15, 0.2) is 47.9 Å². The predicted molar refractivity (Wildman–Crippen MR) is 118 cm³/mol. The monoisotopic (exact) mass is 429 g/mol. The Morgan fingerprint density at radius 2 is 1.70 bits per heavy atom. The van der Waals surface area contributed by atoms with Gasteiger partial charge >= 0.3 is 0 Å². The number of amides is 1. The third-order valence-electron chi connectivity index (χ3n) is 5.34. The number of nitrogens with one attached hydrogen (secondary N) is 1. The van der Waals surface area contributed by atoms with Crippen LogP contribution >= 0.6 is 0 Å². The van der Waals surface area contributed by atoms with Gasteiger partial charge in [0.25, 0.3) is 0 Å². The van der Waals surface area contributed by atoms with Gasteiger partial charge in [0.15, 0.2) is 21.3 Å². The first kappa shape index (κ1) is 21.9. The SMILES string of the molecule is O=C(Nc1ccc(CCS(=O)(=O)/C=C/c2ccc(O)c(O)c2)cc1)C1CCCCC1. The second kappa shape index (κ2) is 9.80. The van der Waals surface area contributed by atoms with Crippen molar-refractivity contribution in [2.75, 3.05) is 11.1 Å². The summed E-state index contributed by atoms with van der Waals surface area (Å²) in [6.07, 6.45) is 7.04. The highest BCUT2D eigenvalue weighted by molar-refractivity contribution is 7.94. The van der Waals surface area contributed by atoms with E-state index in [4.69, 9.17) is 0 Å². The fourth-order valence-corrected chi connectivity index (χ4v) is 4.54. The maximum atomic E-state index is 12.3. The summed E-state index contributed by atoms with van der Waals surface area (Å²) in [5.41, 5.74) is 2.07. The van der Waals surface area contributed by atoms with E-state index in [2.05, 4.69) is 5.32 Å². The summed E-state index contributed by atoms with van der Waals surface area (Å²) in [6, 6.07) is 11.4. The summed E-state index contributed by atoms with van der Waals surface area (Å²) in [5.74, 6) is -0.457. The Bertz CT molecular complexity index is 1010. The summed E-state index contributed by atoms with van der Waals surface area (Å²) in [5, 5.41) is 22.8. The van der Waals surface area contributed by atoms with E-state index in [0.29, 0.717) is 12.0 Å². The molecule has 6 nitrogen and oxygen atoms in total. The third kappa shape index (κ3) is 6.35. The number of sulfone groups is 1. The van der Waals surface area contributed by atoms with E-state index < -0.39 is 9.84 Å². The summed E-state index contributed by atoms with van der Waals surface area (Å²) in [7, 11) is -3.44. The molecular weight excluding hydrogens is 402 g/mol. The van der Waals surface area contributed by atoms with E-state index in [1.54, 1.807) is 12.1 Å². The number of phenols is 2. The molecule has 1 aliphatic rings. The van der Waals surface area contributed by atoms with Crippen LogP contribution in [0.4, 0.5) is 5.69 Å². The standard InChI is InChI=1S/C23H27NO5S/c25-21-11-8-18(16-22(21)26)13-15-30(28,29)14-12-17-6-9-20(10-7-17)24-23(27)19-4-2-1-3-5-19/h6-11,13,15-16,19,25-26H,1-5,12,14H2,(H,24,27)/b15-13+. The first-order valence-electron chi connectivity index (χ1n) is 10.1. The Kier molecular flexibility index (Phi) is 7.15. The van der Waals surface area contributed by atoms with Crippen LogP contribution in [0.1, 0.15) is 43.2 Å². The molecular formula is C23H27NO5S. The van der Waals surface area contributed by atoms with Gasteiger partial charge in [-0.3, -0.25) is 4.79 Å². The minimum Gasteiger partial charge on any atom is -0.504 e. The van der Waals surface area contributed by atoms with E-state index in [1.807, 2.05) is 12.1 Å². The number of carbonyl (C=O) groups is 1. The number of phenolic OH excluding ortho intramolecular Hbond substituents is 2. The zero-order valence-corrected chi connectivity index (χ0v) is 17.6. The maximum Gasteiger partial charge on any atom is 0.227 e. The number of carbonyl (C=O) groups excluding carboxylic acids is 1. The van der Waals surface area contributed by atoms with Gasteiger partial charge in [0.1, 0.15) is 0 Å². The maximum absolute atomic E-state index is 12.3. The molecule has 3 N–H and O–H groups in total. The lowest BCUT2D eigenvalue weighted by Gasteiger charge is -2.20. The van der Waals surface area contributed by atoms with E-state index in [-0.39, 0.29) is 29.1 Å². The van der Waals surface area contributed by atoms with Crippen LogP contribution < -0.4 is 5.32 Å². The molecule has 0 aromatic heterocycles. The molecule has 0 radical (unpaired) electrons. The van der Waals surface area contributed by atoms with Crippen LogP contribution in [0.5, 0.6) is 11.5 Å². The highest BCUT2D eigenvalue weighted by atomic mass is 32.2. The van der Waals surface area contributed by atoms with Crippen molar-refractivity contribution in [3.63, 3.8) is 0 Å². The molecule has 0 bridgehead atoms. The molecule has 1 amide bonds. The highest BCUT2D eigenvalue weighted by Gasteiger charge is 2.20. The largest absolute Gasteiger partial charge is 0.504 e. The van der Waals surface area contributed by atoms with Crippen LogP contribution in [0.2, 0.25) is 0 Å². The van der Waals surface area contributed by atoms with Gasteiger partial charge in [-0.05, 0) is 60.7 Å². The van der Waals surface area contributed by atoms with Crippen molar-refractivity contribution >= 4 is 27.5 Å². The molecule has 0 unspecified atom stereocenters. The predicted octanol–water partition coefficient (Wildman–Crippen LogP) is 4.24. The molecule has 3 rings (SSSR count). The Balaban J connectivity index is 1.52. The van der Waals surface area contributed by atoms with E-state index in [1.165, 1.54) is 30.7 Å². The van der Waals surface area contributed by atoms with Crippen LogP contribution in [0, 0.1) is 5.92 Å². The van der Waals surface area contributed by atoms with Crippen molar-refractivity contribution < 1.29 is 23.4 Å². The smallest absolute Gasteiger partial charge is 0.227 e. The molecule has 0 heterocycles. The Morgan fingerprint density at radius 3 is 2.37 bits per heavy atom. The topological polar surface area (TPSA) is 104 Å². The van der Waals surface area contributed by atoms with Gasteiger partial charge in [-0.1, -0.05) is 37.5 Å². The quantitative estimate of drug-likeness (QED) is 0.571. The number of rotatable bonds is 7. The second-order valence-corrected chi connectivity index (χ2v) is 9.70. The third-order valence-corrected chi connectivity index (χ3v) is 6.66. The normalized spacial score (nSPS) is 15.3. The van der Waals surface area contributed by atoms with Crippen molar-refractivity contribution in [3.8, 4) is 11.5 Å². The molecule has 7 heteroatoms. The molecule has 0 spiro atoms. The second-order valence-electron chi connectivity index (χ2n) is 7.69. The van der Waals surface area contributed by atoms with Crippen LogP contribution in [0.3, 0.4) is 0 Å². The first-order valence-corrected chi connectivity index (χ1v) is 11.9. The lowest BCUT2D eigenvalue weighted by atomic mass is 9.88. The van der Waals surface area contributed by atoms with Crippen molar-refractivity contribution in [1.82, 2.24) is 0 Å². The van der Waals surface area contributed by atoms with Crippen molar-refractivity contribution in [2.45, 2.75) is 38.5 Å². The van der Waals surface area contributed by atoms with Crippen LogP contribution in [0.25, 0.3) is 6.08 Å². The van der Waals surface area contributed by atoms with Gasteiger partial charge in [0, 0.05) is 17.0 Å². The number of hydrogen-bond acceptors (Lipinski definition) is 5. The Labute approximate surface area is 177 Å². The van der Waals surface area contributed by atoms with Crippen LogP contribution in [-0.4, -0.2) is 30.3 Å². The number of anilines is 1. The fraction of sp³-hybridized carbons (Fsp3) is 0.348. The molecule has 2 aromatic rings. The van der Waals surface area contributed by atoms with Crippen molar-refractivity contribution in [3.05, 3.63) is 59.0 Å². The Hall–Kier alpha value is -2.80. The van der Waals surface area contributed by atoms with Crippen LogP contribution in [-0.2, 0) is 21.1 Å². The van der Waals surface area contributed by atoms with E-state index >= 15 is 0 Å². The van der Waals surface area contributed by atoms with Gasteiger partial charge < -0.3 is 15.5 Å². The summed E-state index contributed by atoms with van der Waals surface area (Å²) in [6.45, 7) is 0. The van der Waals surface area contributed by atoms with Gasteiger partial charge in [0.05, 0.1) is 5.75 Å². The zero-order valence-electron chi connectivity index (χ0n) is 16.8. The number of aryl methyl sites for hydroxylation is 1. The van der Waals surface area contributed by atoms with Gasteiger partial charge in [-0.2, -0.15) is 0 Å². The lowest BCUT2D eigenvalue weighted by Crippen LogP contribution is -2.24. The van der Waals surface area contributed by atoms with Crippen molar-refractivity contribution in [1.29, 1.82) is 0 Å². The fourth-order valence-electron chi connectivity index (χ4n) is 3.52.